The Morgan fingerprint density at radius 3 is 2.70 bits per heavy atom. The molecule has 1 aromatic carbocycles. The van der Waals surface area contributed by atoms with Crippen molar-refractivity contribution in [1.82, 2.24) is 0 Å². The van der Waals surface area contributed by atoms with Gasteiger partial charge >= 0.3 is 0 Å². The molecule has 6 atom stereocenters. The highest BCUT2D eigenvalue weighted by molar-refractivity contribution is 5.46. The molecule has 0 bridgehead atoms. The molecule has 5 heteroatoms. The number of hydrogen-bond donors (Lipinski definition) is 1. The second-order valence-corrected chi connectivity index (χ2v) is 10.2. The molecule has 2 saturated carbocycles. The Morgan fingerprint density at radius 1 is 1.12 bits per heavy atom. The Morgan fingerprint density at radius 2 is 1.94 bits per heavy atom. The Labute approximate surface area is 198 Å². The van der Waals surface area contributed by atoms with Crippen LogP contribution >= 0.6 is 0 Å². The van der Waals surface area contributed by atoms with Gasteiger partial charge in [-0.25, -0.2) is 0 Å². The molecular formula is C28H40O5. The Bertz CT molecular complexity index is 862. The van der Waals surface area contributed by atoms with Gasteiger partial charge in [0.2, 0.25) is 0 Å². The van der Waals surface area contributed by atoms with Crippen LogP contribution in [0.5, 0.6) is 5.75 Å². The van der Waals surface area contributed by atoms with Crippen LogP contribution in [0.4, 0.5) is 0 Å². The molecule has 0 aliphatic heterocycles. The highest BCUT2D eigenvalue weighted by atomic mass is 16.7. The molecule has 0 spiro atoms. The zero-order chi connectivity index (χ0) is 23.4. The van der Waals surface area contributed by atoms with Crippen LogP contribution in [0.15, 0.2) is 42.0 Å². The summed E-state index contributed by atoms with van der Waals surface area (Å²) in [6, 6.07) is 6.64. The third kappa shape index (κ3) is 4.79. The number of aliphatic hydroxyl groups excluding tert-OH is 1. The van der Waals surface area contributed by atoms with E-state index in [0.29, 0.717) is 30.5 Å². The van der Waals surface area contributed by atoms with Crippen LogP contribution in [0.2, 0.25) is 0 Å². The number of hydrogen-bond acceptors (Lipinski definition) is 5. The van der Waals surface area contributed by atoms with E-state index in [1.807, 2.05) is 6.08 Å². The van der Waals surface area contributed by atoms with Gasteiger partial charge in [-0.1, -0.05) is 36.8 Å². The quantitative estimate of drug-likeness (QED) is 0.390. The van der Waals surface area contributed by atoms with Crippen LogP contribution in [0.3, 0.4) is 0 Å². The average Bonchev–Trinajstić information content (AvgIpc) is 3.16. The first-order valence-electron chi connectivity index (χ1n) is 12.3. The molecule has 4 rings (SSSR count). The van der Waals surface area contributed by atoms with E-state index in [4.69, 9.17) is 18.9 Å². The van der Waals surface area contributed by atoms with Crippen LogP contribution in [0, 0.1) is 17.3 Å². The van der Waals surface area contributed by atoms with Gasteiger partial charge in [0, 0.05) is 20.1 Å². The number of allylic oxidation sites excluding steroid dienone is 3. The Balaban J connectivity index is 1.68. The summed E-state index contributed by atoms with van der Waals surface area (Å²) in [6.07, 6.45) is 12.1. The van der Waals surface area contributed by atoms with Crippen LogP contribution in [-0.2, 0) is 14.2 Å². The molecule has 2 fully saturated rings. The number of benzene rings is 1. The predicted octanol–water partition coefficient (Wildman–Crippen LogP) is 5.55. The normalized spacial score (nSPS) is 33.6. The zero-order valence-corrected chi connectivity index (χ0v) is 20.6. The SMILES string of the molecule is COCOc1ccc2c(c1)[C@@H](C(C)=CC=CCO)C[C@@H]1[C@@H]2CC[C@]2(C)[C@@H](OCOC)CC[C@@H]12. The maximum atomic E-state index is 9.17. The number of aliphatic hydroxyl groups is 1. The molecule has 0 heterocycles. The van der Waals surface area contributed by atoms with E-state index >= 15 is 0 Å². The molecule has 0 aromatic heterocycles. The second kappa shape index (κ2) is 10.7. The van der Waals surface area contributed by atoms with Gasteiger partial charge in [0.05, 0.1) is 12.7 Å². The lowest BCUT2D eigenvalue weighted by molar-refractivity contribution is -0.125. The molecule has 0 radical (unpaired) electrons. The van der Waals surface area contributed by atoms with Gasteiger partial charge < -0.3 is 24.1 Å². The van der Waals surface area contributed by atoms with E-state index in [9.17, 15) is 5.11 Å². The smallest absolute Gasteiger partial charge is 0.188 e. The van der Waals surface area contributed by atoms with Gasteiger partial charge in [0.15, 0.2) is 6.79 Å². The number of methoxy groups -OCH3 is 2. The molecule has 0 amide bonds. The van der Waals surface area contributed by atoms with Crippen LogP contribution in [-0.4, -0.2) is 45.6 Å². The minimum absolute atomic E-state index is 0.0635. The first-order chi connectivity index (χ1) is 16.0. The zero-order valence-electron chi connectivity index (χ0n) is 20.6. The van der Waals surface area contributed by atoms with Crippen molar-refractivity contribution in [3.05, 3.63) is 53.1 Å². The highest BCUT2D eigenvalue weighted by Crippen LogP contribution is 2.63. The summed E-state index contributed by atoms with van der Waals surface area (Å²) in [6.45, 7) is 5.39. The Hall–Kier alpha value is -1.66. The van der Waals surface area contributed by atoms with Crippen molar-refractivity contribution in [3.63, 3.8) is 0 Å². The number of fused-ring (bicyclic) bond motifs is 5. The van der Waals surface area contributed by atoms with Gasteiger partial charge in [0.1, 0.15) is 12.5 Å². The van der Waals surface area contributed by atoms with Crippen molar-refractivity contribution in [2.45, 2.75) is 63.9 Å². The van der Waals surface area contributed by atoms with E-state index in [-0.39, 0.29) is 24.9 Å². The highest BCUT2D eigenvalue weighted by Gasteiger charge is 2.56. The fourth-order valence-corrected chi connectivity index (χ4v) is 7.01. The summed E-state index contributed by atoms with van der Waals surface area (Å²) in [5.74, 6) is 3.12. The van der Waals surface area contributed by atoms with Crippen molar-refractivity contribution in [2.75, 3.05) is 34.4 Å². The predicted molar refractivity (Wildman–Crippen MR) is 129 cm³/mol. The maximum Gasteiger partial charge on any atom is 0.188 e. The molecule has 182 valence electrons. The van der Waals surface area contributed by atoms with Crippen LogP contribution in [0.25, 0.3) is 0 Å². The first kappa shape index (κ1) is 24.5. The molecule has 1 aromatic rings. The monoisotopic (exact) mass is 456 g/mol. The molecule has 0 saturated heterocycles. The van der Waals surface area contributed by atoms with Gasteiger partial charge in [-0.3, -0.25) is 0 Å². The standard InChI is InChI=1S/C28H40O5/c1-19(7-5-6-14-29)23-16-25-22(21-9-8-20(15-24(21)23)32-17-30-3)12-13-28(2)26(25)10-11-27(28)33-18-31-4/h5-9,15,22-23,25-27,29H,10-14,16-18H2,1-4H3/t22-,23-,25-,26+,27+,28+/m1/s1. The number of ether oxygens (including phenoxy) is 4. The molecule has 5 nitrogen and oxygen atoms in total. The van der Waals surface area contributed by atoms with Crippen molar-refractivity contribution in [1.29, 1.82) is 0 Å². The molecule has 0 unspecified atom stereocenters. The first-order valence-corrected chi connectivity index (χ1v) is 12.3. The summed E-state index contributed by atoms with van der Waals surface area (Å²) >= 11 is 0. The minimum atomic E-state index is 0.0635. The van der Waals surface area contributed by atoms with Gasteiger partial charge in [-0.2, -0.15) is 0 Å². The van der Waals surface area contributed by atoms with Crippen molar-refractivity contribution < 1.29 is 24.1 Å². The lowest BCUT2D eigenvalue weighted by Crippen LogP contribution is -2.45. The molecule has 3 aliphatic carbocycles. The summed E-state index contributed by atoms with van der Waals surface area (Å²) in [7, 11) is 3.36. The molecule has 1 N–H and O–H groups in total. The third-order valence-electron chi connectivity index (χ3n) is 8.57. The van der Waals surface area contributed by atoms with E-state index in [1.54, 1.807) is 20.3 Å². The van der Waals surface area contributed by atoms with Crippen molar-refractivity contribution in [2.24, 2.45) is 17.3 Å². The second-order valence-electron chi connectivity index (χ2n) is 10.2. The fraction of sp³-hybridized carbons (Fsp3) is 0.643. The third-order valence-corrected chi connectivity index (χ3v) is 8.57. The van der Waals surface area contributed by atoms with E-state index in [1.165, 1.54) is 36.0 Å². The summed E-state index contributed by atoms with van der Waals surface area (Å²) < 4.78 is 22.3. The van der Waals surface area contributed by atoms with E-state index < -0.39 is 0 Å². The Kier molecular flexibility index (Phi) is 7.95. The lowest BCUT2D eigenvalue weighted by Gasteiger charge is -2.52. The largest absolute Gasteiger partial charge is 0.468 e. The van der Waals surface area contributed by atoms with Gasteiger partial charge in [-0.05, 0) is 85.5 Å². The molecular weight excluding hydrogens is 416 g/mol. The summed E-state index contributed by atoms with van der Waals surface area (Å²) in [5, 5.41) is 9.17. The molecule has 33 heavy (non-hydrogen) atoms. The van der Waals surface area contributed by atoms with Gasteiger partial charge in [0.25, 0.3) is 0 Å². The van der Waals surface area contributed by atoms with Crippen LogP contribution < -0.4 is 4.74 Å². The van der Waals surface area contributed by atoms with Crippen molar-refractivity contribution in [3.8, 4) is 5.75 Å². The fourth-order valence-electron chi connectivity index (χ4n) is 7.01. The van der Waals surface area contributed by atoms with Crippen molar-refractivity contribution >= 4 is 0 Å². The summed E-state index contributed by atoms with van der Waals surface area (Å²) in [5.41, 5.74) is 4.44. The van der Waals surface area contributed by atoms with Crippen LogP contribution in [0.1, 0.15) is 68.9 Å². The number of rotatable bonds is 9. The summed E-state index contributed by atoms with van der Waals surface area (Å²) in [4.78, 5) is 0. The topological polar surface area (TPSA) is 57.2 Å². The van der Waals surface area contributed by atoms with E-state index in [2.05, 4.69) is 38.1 Å². The average molecular weight is 457 g/mol. The molecule has 3 aliphatic rings. The minimum Gasteiger partial charge on any atom is -0.468 e. The van der Waals surface area contributed by atoms with Gasteiger partial charge in [-0.15, -0.1) is 0 Å². The van der Waals surface area contributed by atoms with E-state index in [0.717, 1.165) is 18.6 Å². The lowest BCUT2D eigenvalue weighted by atomic mass is 9.53. The maximum absolute atomic E-state index is 9.17.